The molecule has 9 heteroatoms. The Morgan fingerprint density at radius 2 is 2.12 bits per heavy atom. The van der Waals surface area contributed by atoms with E-state index >= 15 is 0 Å². The number of piperidine rings is 1. The van der Waals surface area contributed by atoms with Gasteiger partial charge in [0.1, 0.15) is 5.69 Å². The van der Waals surface area contributed by atoms with Crippen LogP contribution in [-0.4, -0.2) is 40.3 Å². The summed E-state index contributed by atoms with van der Waals surface area (Å²) in [6, 6.07) is 5.29. The number of nitro groups is 1. The molecule has 1 fully saturated rings. The Labute approximate surface area is 143 Å². The third kappa shape index (κ3) is 3.68. The van der Waals surface area contributed by atoms with E-state index in [2.05, 4.69) is 21.2 Å². The Bertz CT molecular complexity index is 688. The molecule has 0 bridgehead atoms. The molecule has 24 heavy (non-hydrogen) atoms. The number of rotatable bonds is 4. The van der Waals surface area contributed by atoms with Crippen LogP contribution in [-0.2, 0) is 0 Å². The Balaban J connectivity index is 1.87. The first-order valence-corrected chi connectivity index (χ1v) is 8.73. The molecule has 1 unspecified atom stereocenters. The normalized spacial score (nSPS) is 21.8. The van der Waals surface area contributed by atoms with Crippen molar-refractivity contribution in [3.05, 3.63) is 33.9 Å². The highest BCUT2D eigenvalue weighted by Crippen LogP contribution is 2.30. The van der Waals surface area contributed by atoms with Crippen molar-refractivity contribution in [1.29, 1.82) is 0 Å². The molecule has 2 aliphatic rings. The summed E-state index contributed by atoms with van der Waals surface area (Å²) in [5.74, 6) is 0. The van der Waals surface area contributed by atoms with E-state index in [0.717, 1.165) is 37.7 Å². The largest absolute Gasteiger partial charge is 0.377 e. The Kier molecular flexibility index (Phi) is 5.00. The summed E-state index contributed by atoms with van der Waals surface area (Å²) in [7, 11) is 0. The van der Waals surface area contributed by atoms with Crippen LogP contribution in [0.5, 0.6) is 0 Å². The van der Waals surface area contributed by atoms with E-state index in [4.69, 9.17) is 0 Å². The second-order valence-corrected chi connectivity index (χ2v) is 7.13. The first-order valence-electron chi connectivity index (χ1n) is 7.85. The predicted octanol–water partition coefficient (Wildman–Crippen LogP) is 2.31. The number of anilines is 1. The maximum atomic E-state index is 11.5. The molecule has 2 aliphatic heterocycles. The van der Waals surface area contributed by atoms with Crippen molar-refractivity contribution in [1.82, 2.24) is 10.7 Å². The topological polar surface area (TPSA) is 109 Å². The Morgan fingerprint density at radius 1 is 1.38 bits per heavy atom. The fourth-order valence-electron chi connectivity index (χ4n) is 2.89. The van der Waals surface area contributed by atoms with Crippen molar-refractivity contribution in [2.75, 3.05) is 18.4 Å². The highest BCUT2D eigenvalue weighted by atomic mass is 32.2. The van der Waals surface area contributed by atoms with Gasteiger partial charge in [0.2, 0.25) is 0 Å². The number of hydrogen-bond acceptors (Lipinski definition) is 7. The molecule has 0 radical (unpaired) electrons. The van der Waals surface area contributed by atoms with Crippen LogP contribution in [0, 0.1) is 10.1 Å². The number of thioether (sulfide) groups is 1. The molecule has 1 atom stereocenters. The third-order valence-corrected chi connectivity index (χ3v) is 5.01. The molecule has 3 rings (SSSR count). The zero-order chi connectivity index (χ0) is 17.1. The van der Waals surface area contributed by atoms with Crippen LogP contribution in [0.25, 0.3) is 0 Å². The Morgan fingerprint density at radius 3 is 2.79 bits per heavy atom. The summed E-state index contributed by atoms with van der Waals surface area (Å²) >= 11 is 1.12. The average molecular weight is 349 g/mol. The zero-order valence-corrected chi connectivity index (χ0v) is 14.1. The molecule has 0 saturated carbocycles. The first kappa shape index (κ1) is 16.7. The summed E-state index contributed by atoms with van der Waals surface area (Å²) in [5.41, 5.74) is 4.25. The summed E-state index contributed by atoms with van der Waals surface area (Å²) in [6.07, 6.45) is 1.87. The SMILES string of the molecule is CC1SC(=O)NN=C1c1ccc(NC2CCNCC2)c([N+](=O)[O-])c1. The fourth-order valence-corrected chi connectivity index (χ4v) is 3.61. The van der Waals surface area contributed by atoms with Crippen molar-refractivity contribution in [2.24, 2.45) is 5.10 Å². The van der Waals surface area contributed by atoms with Gasteiger partial charge in [-0.1, -0.05) is 17.8 Å². The molecule has 1 saturated heterocycles. The zero-order valence-electron chi connectivity index (χ0n) is 13.2. The second-order valence-electron chi connectivity index (χ2n) is 5.81. The molecule has 1 amide bonds. The lowest BCUT2D eigenvalue weighted by Gasteiger charge is -2.25. The van der Waals surface area contributed by atoms with E-state index in [9.17, 15) is 14.9 Å². The number of carbonyl (C=O) groups excluding carboxylic acids is 1. The van der Waals surface area contributed by atoms with Gasteiger partial charge >= 0.3 is 0 Å². The molecule has 0 aliphatic carbocycles. The van der Waals surface area contributed by atoms with E-state index in [1.54, 1.807) is 6.07 Å². The van der Waals surface area contributed by atoms with Crippen LogP contribution in [0.2, 0.25) is 0 Å². The van der Waals surface area contributed by atoms with E-state index in [-0.39, 0.29) is 27.1 Å². The molecule has 1 aromatic rings. The van der Waals surface area contributed by atoms with Gasteiger partial charge in [0.25, 0.3) is 10.9 Å². The number of amides is 1. The average Bonchev–Trinajstić information content (AvgIpc) is 2.56. The second kappa shape index (κ2) is 7.18. The van der Waals surface area contributed by atoms with E-state index < -0.39 is 0 Å². The van der Waals surface area contributed by atoms with Gasteiger partial charge in [-0.2, -0.15) is 5.10 Å². The van der Waals surface area contributed by atoms with Gasteiger partial charge in [-0.3, -0.25) is 14.9 Å². The predicted molar refractivity (Wildman–Crippen MR) is 94.7 cm³/mol. The standard InChI is InChI=1S/C15H19N5O3S/c1-9-14(18-19-15(21)24-9)10-2-3-12(13(8-10)20(22)23)17-11-4-6-16-7-5-11/h2-3,8-9,11,16-17H,4-7H2,1H3,(H,19,21). The minimum atomic E-state index is -0.382. The minimum absolute atomic E-state index is 0.0304. The van der Waals surface area contributed by atoms with E-state index in [0.29, 0.717) is 17.0 Å². The van der Waals surface area contributed by atoms with Crippen LogP contribution in [0.15, 0.2) is 23.3 Å². The molecule has 0 spiro atoms. The molecule has 1 aromatic carbocycles. The molecular formula is C15H19N5O3S. The first-order chi connectivity index (χ1) is 11.5. The maximum absolute atomic E-state index is 11.5. The van der Waals surface area contributed by atoms with Crippen molar-refractivity contribution in [2.45, 2.75) is 31.1 Å². The van der Waals surface area contributed by atoms with Crippen LogP contribution >= 0.6 is 11.8 Å². The maximum Gasteiger partial charge on any atom is 0.299 e. The summed E-state index contributed by atoms with van der Waals surface area (Å²) in [4.78, 5) is 22.4. The van der Waals surface area contributed by atoms with Crippen LogP contribution in [0.1, 0.15) is 25.3 Å². The summed E-state index contributed by atoms with van der Waals surface area (Å²) < 4.78 is 0. The lowest BCUT2D eigenvalue weighted by molar-refractivity contribution is -0.384. The van der Waals surface area contributed by atoms with Gasteiger partial charge in [-0.15, -0.1) is 0 Å². The molecule has 0 aromatic heterocycles. The number of nitrogens with one attached hydrogen (secondary N) is 3. The minimum Gasteiger partial charge on any atom is -0.377 e. The van der Waals surface area contributed by atoms with Gasteiger partial charge in [0.05, 0.1) is 15.9 Å². The smallest absolute Gasteiger partial charge is 0.299 e. The van der Waals surface area contributed by atoms with Crippen LogP contribution < -0.4 is 16.1 Å². The van der Waals surface area contributed by atoms with Crippen LogP contribution in [0.3, 0.4) is 0 Å². The summed E-state index contributed by atoms with van der Waals surface area (Å²) in [5, 5.41) is 21.7. The fraction of sp³-hybridized carbons (Fsp3) is 0.467. The van der Waals surface area contributed by atoms with Gasteiger partial charge < -0.3 is 10.6 Å². The molecule has 2 heterocycles. The highest BCUT2D eigenvalue weighted by molar-refractivity contribution is 8.14. The van der Waals surface area contributed by atoms with E-state index in [1.165, 1.54) is 6.07 Å². The number of hydrazone groups is 1. The quantitative estimate of drug-likeness (QED) is 0.568. The molecular weight excluding hydrogens is 330 g/mol. The molecule has 8 nitrogen and oxygen atoms in total. The van der Waals surface area contributed by atoms with Crippen molar-refractivity contribution in [3.63, 3.8) is 0 Å². The van der Waals surface area contributed by atoms with Crippen LogP contribution in [0.4, 0.5) is 16.2 Å². The highest BCUT2D eigenvalue weighted by Gasteiger charge is 2.25. The monoisotopic (exact) mass is 349 g/mol. The number of carbonyl (C=O) groups is 1. The lowest BCUT2D eigenvalue weighted by atomic mass is 10.0. The molecule has 3 N–H and O–H groups in total. The number of hydrogen-bond donors (Lipinski definition) is 3. The number of nitrogens with zero attached hydrogens (tertiary/aromatic N) is 2. The van der Waals surface area contributed by atoms with Crippen molar-refractivity contribution in [3.8, 4) is 0 Å². The van der Waals surface area contributed by atoms with Gasteiger partial charge in [0.15, 0.2) is 0 Å². The van der Waals surface area contributed by atoms with Gasteiger partial charge in [0, 0.05) is 17.7 Å². The lowest BCUT2D eigenvalue weighted by Crippen LogP contribution is -2.35. The Hall–Kier alpha value is -2.13. The number of nitro benzene ring substituents is 1. The van der Waals surface area contributed by atoms with Crippen molar-refractivity contribution >= 4 is 34.1 Å². The molecule has 128 valence electrons. The van der Waals surface area contributed by atoms with Gasteiger partial charge in [-0.25, -0.2) is 5.43 Å². The number of benzene rings is 1. The van der Waals surface area contributed by atoms with Crippen molar-refractivity contribution < 1.29 is 9.72 Å². The van der Waals surface area contributed by atoms with Gasteiger partial charge in [-0.05, 0) is 38.9 Å². The van der Waals surface area contributed by atoms with E-state index in [1.807, 2.05) is 13.0 Å². The summed E-state index contributed by atoms with van der Waals surface area (Å²) in [6.45, 7) is 3.68. The third-order valence-electron chi connectivity index (χ3n) is 4.13.